The molecule has 0 spiro atoms. The van der Waals surface area contributed by atoms with Gasteiger partial charge in [0.05, 0.1) is 23.9 Å². The van der Waals surface area contributed by atoms with Crippen LogP contribution in [0.3, 0.4) is 0 Å². The van der Waals surface area contributed by atoms with Gasteiger partial charge in [-0.05, 0) is 18.2 Å². The predicted octanol–water partition coefficient (Wildman–Crippen LogP) is 2.31. The van der Waals surface area contributed by atoms with Crippen LogP contribution in [0.25, 0.3) is 21.5 Å². The average Bonchev–Trinajstić information content (AvgIpc) is 3.33. The van der Waals surface area contributed by atoms with E-state index in [0.29, 0.717) is 18.1 Å². The number of ether oxygens (including phenoxy) is 1. The zero-order valence-electron chi connectivity index (χ0n) is 14.5. The Balaban J connectivity index is 1.67. The maximum absolute atomic E-state index is 10.7. The number of hydrogen-bond acceptors (Lipinski definition) is 8. The summed E-state index contributed by atoms with van der Waals surface area (Å²) in [6, 6.07) is 5.86. The topological polar surface area (TPSA) is 116 Å². The summed E-state index contributed by atoms with van der Waals surface area (Å²) in [6.07, 6.45) is 1.91. The van der Waals surface area contributed by atoms with Crippen LogP contribution in [-0.4, -0.2) is 43.1 Å². The fourth-order valence-corrected chi connectivity index (χ4v) is 3.70. The average molecular weight is 385 g/mol. The van der Waals surface area contributed by atoms with Crippen LogP contribution in [0, 0.1) is 0 Å². The molecule has 3 heterocycles. The lowest BCUT2D eigenvalue weighted by Gasteiger charge is -2.03. The number of benzene rings is 1. The second-order valence-electron chi connectivity index (χ2n) is 5.84. The summed E-state index contributed by atoms with van der Waals surface area (Å²) >= 11 is 1.49. The Bertz CT molecular complexity index is 1130. The van der Waals surface area contributed by atoms with Gasteiger partial charge < -0.3 is 14.3 Å². The van der Waals surface area contributed by atoms with Crippen molar-refractivity contribution in [3.63, 3.8) is 0 Å². The number of fused-ring (bicyclic) bond motifs is 1. The van der Waals surface area contributed by atoms with Crippen molar-refractivity contribution in [3.8, 4) is 17.0 Å². The van der Waals surface area contributed by atoms with Gasteiger partial charge in [-0.25, -0.2) is 4.98 Å². The number of aliphatic carboxylic acids is 1. The zero-order valence-corrected chi connectivity index (χ0v) is 15.4. The molecular formula is C17H15N5O4S. The van der Waals surface area contributed by atoms with Crippen molar-refractivity contribution in [3.05, 3.63) is 41.2 Å². The van der Waals surface area contributed by atoms with Crippen LogP contribution in [0.15, 0.2) is 28.8 Å². The van der Waals surface area contributed by atoms with Crippen molar-refractivity contribution in [1.82, 2.24) is 25.0 Å². The lowest BCUT2D eigenvalue weighted by molar-refractivity contribution is -0.136. The first-order valence-electron chi connectivity index (χ1n) is 8.02. The van der Waals surface area contributed by atoms with Gasteiger partial charge >= 0.3 is 5.97 Å². The molecule has 138 valence electrons. The van der Waals surface area contributed by atoms with Gasteiger partial charge in [-0.1, -0.05) is 0 Å². The Morgan fingerprint density at radius 1 is 1.33 bits per heavy atom. The fraction of sp³-hybridized carbons (Fsp3) is 0.235. The number of rotatable bonds is 6. The van der Waals surface area contributed by atoms with Gasteiger partial charge in [0.25, 0.3) is 0 Å². The summed E-state index contributed by atoms with van der Waals surface area (Å²) in [6.45, 7) is 0. The normalized spacial score (nSPS) is 11.2. The van der Waals surface area contributed by atoms with Gasteiger partial charge in [-0.15, -0.1) is 21.5 Å². The molecule has 0 saturated heterocycles. The molecule has 0 radical (unpaired) electrons. The molecule has 0 aliphatic heterocycles. The Hall–Kier alpha value is -3.27. The number of aryl methyl sites for hydroxylation is 1. The molecule has 0 aliphatic carbocycles. The van der Waals surface area contributed by atoms with Crippen LogP contribution >= 0.6 is 11.3 Å². The van der Waals surface area contributed by atoms with E-state index in [9.17, 15) is 4.79 Å². The number of aromatic nitrogens is 5. The number of methoxy groups -OCH3 is 1. The Morgan fingerprint density at radius 3 is 2.85 bits per heavy atom. The highest BCUT2D eigenvalue weighted by Crippen LogP contribution is 2.35. The molecule has 4 aromatic rings. The highest BCUT2D eigenvalue weighted by molar-refractivity contribution is 7.18. The van der Waals surface area contributed by atoms with Crippen molar-refractivity contribution in [2.24, 2.45) is 7.05 Å². The molecule has 1 N–H and O–H groups in total. The largest absolute Gasteiger partial charge is 0.494 e. The third-order valence-corrected chi connectivity index (χ3v) is 4.85. The fourth-order valence-electron chi connectivity index (χ4n) is 2.68. The number of nitrogens with zero attached hydrogens (tertiary/aromatic N) is 5. The van der Waals surface area contributed by atoms with Gasteiger partial charge in [0.15, 0.2) is 0 Å². The van der Waals surface area contributed by atoms with E-state index < -0.39 is 5.97 Å². The van der Waals surface area contributed by atoms with Crippen LogP contribution in [-0.2, 0) is 24.7 Å². The van der Waals surface area contributed by atoms with E-state index in [2.05, 4.69) is 20.3 Å². The second-order valence-corrected chi connectivity index (χ2v) is 6.96. The molecule has 0 aliphatic rings. The lowest BCUT2D eigenvalue weighted by atomic mass is 10.1. The number of carboxylic acid groups (broad SMARTS) is 1. The van der Waals surface area contributed by atoms with Crippen LogP contribution in [0.4, 0.5) is 0 Å². The number of thiazole rings is 1. The van der Waals surface area contributed by atoms with E-state index in [1.807, 2.05) is 31.4 Å². The van der Waals surface area contributed by atoms with Crippen LogP contribution in [0.1, 0.15) is 16.8 Å². The molecule has 1 aromatic carbocycles. The van der Waals surface area contributed by atoms with Gasteiger partial charge in [0.2, 0.25) is 11.8 Å². The van der Waals surface area contributed by atoms with Crippen molar-refractivity contribution >= 4 is 27.5 Å². The van der Waals surface area contributed by atoms with Crippen molar-refractivity contribution in [2.75, 3.05) is 7.11 Å². The molecule has 0 bridgehead atoms. The van der Waals surface area contributed by atoms with Gasteiger partial charge in [0.1, 0.15) is 22.7 Å². The molecule has 9 nitrogen and oxygen atoms in total. The lowest BCUT2D eigenvalue weighted by Crippen LogP contribution is -1.99. The minimum Gasteiger partial charge on any atom is -0.494 e. The molecular weight excluding hydrogens is 370 g/mol. The van der Waals surface area contributed by atoms with Crippen LogP contribution in [0.2, 0.25) is 0 Å². The molecule has 0 unspecified atom stereocenters. The third kappa shape index (κ3) is 3.51. The summed E-state index contributed by atoms with van der Waals surface area (Å²) < 4.78 is 13.6. The minimum atomic E-state index is -1.02. The van der Waals surface area contributed by atoms with Crippen LogP contribution in [0.5, 0.6) is 5.75 Å². The van der Waals surface area contributed by atoms with E-state index >= 15 is 0 Å². The molecule has 27 heavy (non-hydrogen) atoms. The minimum absolute atomic E-state index is 0.0774. The maximum Gasteiger partial charge on any atom is 0.312 e. The summed E-state index contributed by atoms with van der Waals surface area (Å²) in [4.78, 5) is 15.3. The highest BCUT2D eigenvalue weighted by atomic mass is 32.1. The monoisotopic (exact) mass is 385 g/mol. The SMILES string of the molecule is COc1cc(-c2ccn(C)n2)cc2sc(Cc3nnc(CC(=O)O)o3)nc12. The maximum atomic E-state index is 10.7. The van der Waals surface area contributed by atoms with E-state index in [4.69, 9.17) is 14.3 Å². The molecule has 3 aromatic heterocycles. The predicted molar refractivity (Wildman–Crippen MR) is 96.8 cm³/mol. The number of carboxylic acids is 1. The van der Waals surface area contributed by atoms with Crippen molar-refractivity contribution in [2.45, 2.75) is 12.8 Å². The third-order valence-electron chi connectivity index (χ3n) is 3.85. The highest BCUT2D eigenvalue weighted by Gasteiger charge is 2.16. The first kappa shape index (κ1) is 17.2. The summed E-state index contributed by atoms with van der Waals surface area (Å²) in [5.74, 6) is 0.0487. The Morgan fingerprint density at radius 2 is 2.15 bits per heavy atom. The summed E-state index contributed by atoms with van der Waals surface area (Å²) in [7, 11) is 3.47. The van der Waals surface area contributed by atoms with E-state index in [1.54, 1.807) is 11.8 Å². The van der Waals surface area contributed by atoms with Gasteiger partial charge in [-0.2, -0.15) is 5.10 Å². The first-order chi connectivity index (χ1) is 13.0. The number of carbonyl (C=O) groups is 1. The molecule has 0 saturated carbocycles. The quantitative estimate of drug-likeness (QED) is 0.537. The molecule has 10 heteroatoms. The van der Waals surface area contributed by atoms with E-state index in [-0.39, 0.29) is 12.3 Å². The van der Waals surface area contributed by atoms with Gasteiger partial charge in [-0.3, -0.25) is 9.48 Å². The molecule has 0 atom stereocenters. The van der Waals surface area contributed by atoms with E-state index in [0.717, 1.165) is 26.5 Å². The Labute approximate surface area is 157 Å². The smallest absolute Gasteiger partial charge is 0.312 e. The number of hydrogen-bond donors (Lipinski definition) is 1. The van der Waals surface area contributed by atoms with Crippen LogP contribution < -0.4 is 4.74 Å². The molecule has 0 amide bonds. The molecule has 0 fully saturated rings. The summed E-state index contributed by atoms with van der Waals surface area (Å²) in [5, 5.41) is 21.6. The summed E-state index contributed by atoms with van der Waals surface area (Å²) in [5.41, 5.74) is 2.54. The molecule has 4 rings (SSSR count). The Kier molecular flexibility index (Phi) is 4.32. The first-order valence-corrected chi connectivity index (χ1v) is 8.84. The van der Waals surface area contributed by atoms with Crippen molar-refractivity contribution in [1.29, 1.82) is 0 Å². The second kappa shape index (κ2) is 6.80. The van der Waals surface area contributed by atoms with Gasteiger partial charge in [0, 0.05) is 18.8 Å². The standard InChI is InChI=1S/C17H15N5O4S/c1-22-4-3-10(21-22)9-5-11(25-2)17-12(6-9)27-15(18-17)7-13-19-20-14(26-13)8-16(23)24/h3-6H,7-8H2,1-2H3,(H,23,24). The van der Waals surface area contributed by atoms with E-state index in [1.165, 1.54) is 11.3 Å². The zero-order chi connectivity index (χ0) is 19.0. The van der Waals surface area contributed by atoms with Crippen molar-refractivity contribution < 1.29 is 19.1 Å².